The highest BCUT2D eigenvalue weighted by Crippen LogP contribution is 2.31. The number of nitrogens with zero attached hydrogens (tertiary/aromatic N) is 2. The third-order valence-corrected chi connectivity index (χ3v) is 5.98. The molecular weight excluding hydrogens is 374 g/mol. The molecule has 0 radical (unpaired) electrons. The van der Waals surface area contributed by atoms with Crippen LogP contribution in [0.15, 0.2) is 36.4 Å². The molecule has 7 heteroatoms. The fourth-order valence-corrected chi connectivity index (χ4v) is 4.23. The molecule has 0 spiro atoms. The molecule has 6 nitrogen and oxygen atoms in total. The molecular formula is C21H19N3O3S. The number of nitrogens with one attached hydrogen (secondary N) is 1. The van der Waals surface area contributed by atoms with Crippen LogP contribution in [-0.4, -0.2) is 27.6 Å². The second-order valence-corrected chi connectivity index (χ2v) is 7.92. The predicted molar refractivity (Wildman–Crippen MR) is 108 cm³/mol. The number of carbonyl (C=O) groups is 3. The predicted octanol–water partition coefficient (Wildman–Crippen LogP) is 3.81. The Labute approximate surface area is 166 Å². The van der Waals surface area contributed by atoms with E-state index in [4.69, 9.17) is 0 Å². The highest BCUT2D eigenvalue weighted by atomic mass is 32.1. The summed E-state index contributed by atoms with van der Waals surface area (Å²) < 4.78 is 1.07. The number of amides is 3. The van der Waals surface area contributed by atoms with Gasteiger partial charge in [0.05, 0.1) is 16.8 Å². The lowest BCUT2D eigenvalue weighted by Crippen LogP contribution is -2.28. The molecule has 0 bridgehead atoms. The minimum atomic E-state index is -0.241. The first-order valence-electron chi connectivity index (χ1n) is 9.02. The summed E-state index contributed by atoms with van der Waals surface area (Å²) in [4.78, 5) is 41.8. The van der Waals surface area contributed by atoms with Crippen molar-refractivity contribution in [3.8, 4) is 0 Å². The molecule has 0 unspecified atom stereocenters. The molecule has 28 heavy (non-hydrogen) atoms. The van der Waals surface area contributed by atoms with Crippen molar-refractivity contribution in [3.63, 3.8) is 0 Å². The zero-order chi connectivity index (χ0) is 19.8. The number of imide groups is 1. The molecule has 1 aliphatic heterocycles. The number of rotatable bonds is 4. The number of benzene rings is 2. The molecule has 1 fully saturated rings. The van der Waals surface area contributed by atoms with Crippen LogP contribution in [0.4, 0.5) is 5.13 Å². The van der Waals surface area contributed by atoms with Crippen LogP contribution in [0, 0.1) is 13.8 Å². The van der Waals surface area contributed by atoms with Gasteiger partial charge in [0.25, 0.3) is 5.91 Å². The van der Waals surface area contributed by atoms with Crippen molar-refractivity contribution in [1.82, 2.24) is 9.88 Å². The molecule has 0 atom stereocenters. The summed E-state index contributed by atoms with van der Waals surface area (Å²) in [5.41, 5.74) is 4.43. The third kappa shape index (κ3) is 3.41. The number of fused-ring (bicyclic) bond motifs is 1. The van der Waals surface area contributed by atoms with Crippen LogP contribution in [0.1, 0.15) is 39.9 Å². The lowest BCUT2D eigenvalue weighted by Gasteiger charge is -2.13. The lowest BCUT2D eigenvalue weighted by atomic mass is 10.1. The number of carbonyl (C=O) groups excluding carboxylic acids is 3. The fourth-order valence-electron chi connectivity index (χ4n) is 3.23. The SMILES string of the molecule is Cc1ccc(C)c2sc(NC(=O)c3ccc(CN4C(=O)CCC4=O)cc3)nc12. The van der Waals surface area contributed by atoms with Crippen LogP contribution in [0.2, 0.25) is 0 Å². The largest absolute Gasteiger partial charge is 0.298 e. The molecule has 2 aromatic carbocycles. The second kappa shape index (κ2) is 7.16. The van der Waals surface area contributed by atoms with Gasteiger partial charge in [0.1, 0.15) is 0 Å². The number of aryl methyl sites for hydroxylation is 2. The van der Waals surface area contributed by atoms with Gasteiger partial charge in [-0.25, -0.2) is 4.98 Å². The Bertz CT molecular complexity index is 1050. The maximum absolute atomic E-state index is 12.6. The van der Waals surface area contributed by atoms with Crippen molar-refractivity contribution in [3.05, 3.63) is 58.7 Å². The molecule has 3 aromatic rings. The van der Waals surface area contributed by atoms with Crippen LogP contribution >= 0.6 is 11.3 Å². The Balaban J connectivity index is 1.48. The van der Waals surface area contributed by atoms with Gasteiger partial charge in [-0.1, -0.05) is 35.6 Å². The van der Waals surface area contributed by atoms with E-state index in [1.54, 1.807) is 24.3 Å². The number of likely N-dealkylation sites (tertiary alicyclic amines) is 1. The number of hydrogen-bond donors (Lipinski definition) is 1. The van der Waals surface area contributed by atoms with Crippen molar-refractivity contribution in [1.29, 1.82) is 0 Å². The van der Waals surface area contributed by atoms with Gasteiger partial charge < -0.3 is 0 Å². The summed E-state index contributed by atoms with van der Waals surface area (Å²) in [6.45, 7) is 4.28. The van der Waals surface area contributed by atoms with Crippen LogP contribution in [0.3, 0.4) is 0 Å². The van der Waals surface area contributed by atoms with Gasteiger partial charge in [-0.2, -0.15) is 0 Å². The van der Waals surface area contributed by atoms with Gasteiger partial charge in [-0.05, 0) is 42.7 Å². The van der Waals surface area contributed by atoms with E-state index in [2.05, 4.69) is 16.4 Å². The fraction of sp³-hybridized carbons (Fsp3) is 0.238. The zero-order valence-electron chi connectivity index (χ0n) is 15.6. The van der Waals surface area contributed by atoms with E-state index in [0.29, 0.717) is 10.7 Å². The van der Waals surface area contributed by atoms with Crippen molar-refractivity contribution >= 4 is 44.4 Å². The second-order valence-electron chi connectivity index (χ2n) is 6.92. The van der Waals surface area contributed by atoms with Crippen molar-refractivity contribution < 1.29 is 14.4 Å². The molecule has 142 valence electrons. The minimum absolute atomic E-state index is 0.145. The molecule has 0 saturated carbocycles. The van der Waals surface area contributed by atoms with Gasteiger partial charge in [0.2, 0.25) is 11.8 Å². The Morgan fingerprint density at radius 1 is 1.04 bits per heavy atom. The number of aromatic nitrogens is 1. The Hall–Kier alpha value is -3.06. The summed E-state index contributed by atoms with van der Waals surface area (Å²) in [7, 11) is 0. The average Bonchev–Trinajstić information content (AvgIpc) is 3.25. The molecule has 4 rings (SSSR count). The summed E-state index contributed by atoms with van der Waals surface area (Å²) in [5, 5.41) is 3.42. The maximum atomic E-state index is 12.6. The van der Waals surface area contributed by atoms with Gasteiger partial charge in [-0.15, -0.1) is 0 Å². The molecule has 2 heterocycles. The van der Waals surface area contributed by atoms with Crippen LogP contribution < -0.4 is 5.32 Å². The Kier molecular flexibility index (Phi) is 4.68. The Morgan fingerprint density at radius 2 is 1.68 bits per heavy atom. The standard InChI is InChI=1S/C21H19N3O3S/c1-12-3-4-13(2)19-18(12)22-21(28-19)23-20(27)15-7-5-14(6-8-15)11-24-16(25)9-10-17(24)26/h3-8H,9-11H2,1-2H3,(H,22,23,27). The van der Waals surface area contributed by atoms with Crippen LogP contribution in [-0.2, 0) is 16.1 Å². The van der Waals surface area contributed by atoms with Gasteiger partial charge in [0.15, 0.2) is 5.13 Å². The summed E-state index contributed by atoms with van der Waals surface area (Å²) in [5.74, 6) is -0.532. The van der Waals surface area contributed by atoms with E-state index < -0.39 is 0 Å². The van der Waals surface area contributed by atoms with Crippen LogP contribution in [0.5, 0.6) is 0 Å². The smallest absolute Gasteiger partial charge is 0.257 e. The summed E-state index contributed by atoms with van der Waals surface area (Å²) in [6, 6.07) is 11.0. The zero-order valence-corrected chi connectivity index (χ0v) is 16.4. The lowest BCUT2D eigenvalue weighted by molar-refractivity contribution is -0.139. The monoisotopic (exact) mass is 393 g/mol. The van der Waals surface area contributed by atoms with Crippen molar-refractivity contribution in [2.45, 2.75) is 33.2 Å². The van der Waals surface area contributed by atoms with Gasteiger partial charge in [0, 0.05) is 18.4 Å². The van der Waals surface area contributed by atoms with E-state index in [9.17, 15) is 14.4 Å². The van der Waals surface area contributed by atoms with E-state index in [1.165, 1.54) is 16.2 Å². The van der Waals surface area contributed by atoms with Gasteiger partial charge >= 0.3 is 0 Å². The quantitative estimate of drug-likeness (QED) is 0.684. The molecule has 1 aliphatic rings. The van der Waals surface area contributed by atoms with E-state index in [1.807, 2.05) is 19.9 Å². The first-order valence-corrected chi connectivity index (χ1v) is 9.84. The number of thiazole rings is 1. The minimum Gasteiger partial charge on any atom is -0.298 e. The average molecular weight is 393 g/mol. The molecule has 3 amide bonds. The van der Waals surface area contributed by atoms with E-state index in [-0.39, 0.29) is 37.1 Å². The number of anilines is 1. The normalized spacial score (nSPS) is 14.1. The van der Waals surface area contributed by atoms with Crippen LogP contribution in [0.25, 0.3) is 10.2 Å². The van der Waals surface area contributed by atoms with Crippen molar-refractivity contribution in [2.24, 2.45) is 0 Å². The highest BCUT2D eigenvalue weighted by Gasteiger charge is 2.28. The third-order valence-electron chi connectivity index (χ3n) is 4.87. The Morgan fingerprint density at radius 3 is 2.32 bits per heavy atom. The maximum Gasteiger partial charge on any atom is 0.257 e. The van der Waals surface area contributed by atoms with E-state index >= 15 is 0 Å². The highest BCUT2D eigenvalue weighted by molar-refractivity contribution is 7.22. The molecule has 1 saturated heterocycles. The summed E-state index contributed by atoms with van der Waals surface area (Å²) in [6.07, 6.45) is 0.556. The number of hydrogen-bond acceptors (Lipinski definition) is 5. The molecule has 0 aliphatic carbocycles. The molecule has 1 aromatic heterocycles. The molecule has 1 N–H and O–H groups in total. The topological polar surface area (TPSA) is 79.4 Å². The summed E-state index contributed by atoms with van der Waals surface area (Å²) >= 11 is 1.46. The first-order chi connectivity index (χ1) is 13.4. The van der Waals surface area contributed by atoms with Crippen molar-refractivity contribution in [2.75, 3.05) is 5.32 Å². The van der Waals surface area contributed by atoms with E-state index in [0.717, 1.165) is 26.9 Å². The first kappa shape index (κ1) is 18.3. The van der Waals surface area contributed by atoms with Gasteiger partial charge in [-0.3, -0.25) is 24.6 Å².